The smallest absolute Gasteiger partial charge is 0.410 e. The minimum Gasteiger partial charge on any atom is -0.497 e. The van der Waals surface area contributed by atoms with Gasteiger partial charge in [0.2, 0.25) is 0 Å². The van der Waals surface area contributed by atoms with Crippen LogP contribution in [0, 0.1) is 0 Å². The average Bonchev–Trinajstić information content (AvgIpc) is 3.27. The van der Waals surface area contributed by atoms with Gasteiger partial charge in [-0.3, -0.25) is 0 Å². The Morgan fingerprint density at radius 1 is 1.09 bits per heavy atom. The van der Waals surface area contributed by atoms with E-state index in [0.29, 0.717) is 26.2 Å². The molecule has 0 spiro atoms. The number of carbonyl (C=O) groups is 1. The van der Waals surface area contributed by atoms with Gasteiger partial charge in [-0.25, -0.2) is 9.48 Å². The first-order valence-corrected chi connectivity index (χ1v) is 11.6. The minimum absolute atomic E-state index is 0.0438. The van der Waals surface area contributed by atoms with E-state index in [0.717, 1.165) is 53.9 Å². The van der Waals surface area contributed by atoms with Crippen LogP contribution < -0.4 is 9.64 Å². The summed E-state index contributed by atoms with van der Waals surface area (Å²) in [6.45, 7) is 3.61. The number of fused-ring (bicyclic) bond motifs is 1. The summed E-state index contributed by atoms with van der Waals surface area (Å²) in [4.78, 5) is 16.6. The number of carbonyl (C=O) groups excluding carboxylic acids is 1. The van der Waals surface area contributed by atoms with Crippen LogP contribution in [0.15, 0.2) is 48.5 Å². The van der Waals surface area contributed by atoms with E-state index in [9.17, 15) is 4.79 Å². The van der Waals surface area contributed by atoms with E-state index in [1.807, 2.05) is 47.1 Å². The Morgan fingerprint density at radius 2 is 1.91 bits per heavy atom. The van der Waals surface area contributed by atoms with Crippen LogP contribution in [0.4, 0.5) is 10.6 Å². The van der Waals surface area contributed by atoms with Crippen LogP contribution in [-0.2, 0) is 16.1 Å². The molecule has 8 nitrogen and oxygen atoms in total. The number of hydrogen-bond donors (Lipinski definition) is 0. The summed E-state index contributed by atoms with van der Waals surface area (Å²) in [7, 11) is 1.68. The lowest BCUT2D eigenvalue weighted by atomic mass is 10.1. The Bertz CT molecular complexity index is 1090. The van der Waals surface area contributed by atoms with Crippen LogP contribution in [0.25, 0.3) is 10.9 Å². The number of ether oxygens (including phenoxy) is 3. The normalized spacial score (nSPS) is 19.0. The van der Waals surface area contributed by atoms with E-state index < -0.39 is 0 Å². The quantitative estimate of drug-likeness (QED) is 0.580. The van der Waals surface area contributed by atoms with Gasteiger partial charge in [-0.1, -0.05) is 30.3 Å². The fraction of sp³-hybridized carbons (Fsp3) is 0.440. The fourth-order valence-corrected chi connectivity index (χ4v) is 4.51. The van der Waals surface area contributed by atoms with E-state index in [1.165, 1.54) is 0 Å². The molecule has 1 aromatic heterocycles. The largest absolute Gasteiger partial charge is 0.497 e. The highest BCUT2D eigenvalue weighted by molar-refractivity contribution is 5.92. The van der Waals surface area contributed by atoms with Gasteiger partial charge in [-0.15, -0.1) is 0 Å². The molecule has 2 aliphatic rings. The number of aromatic nitrogens is 2. The first kappa shape index (κ1) is 21.6. The maximum absolute atomic E-state index is 12.6. The number of amides is 1. The van der Waals surface area contributed by atoms with Gasteiger partial charge in [-0.05, 0) is 43.0 Å². The summed E-state index contributed by atoms with van der Waals surface area (Å²) < 4.78 is 19.0. The lowest BCUT2D eigenvalue weighted by Gasteiger charge is -2.34. The number of benzene rings is 2. The SMILES string of the molecule is COc1ccc2c(c1)c(N1CCN(C(=O)OCc3ccccc3)CC1)nn2C1CCCCO1. The second-order valence-corrected chi connectivity index (χ2v) is 8.49. The highest BCUT2D eigenvalue weighted by Crippen LogP contribution is 2.34. The first-order valence-electron chi connectivity index (χ1n) is 11.6. The van der Waals surface area contributed by atoms with Crippen LogP contribution in [-0.4, -0.2) is 60.7 Å². The molecule has 3 aromatic rings. The molecule has 5 rings (SSSR count). The average molecular weight is 451 g/mol. The summed E-state index contributed by atoms with van der Waals surface area (Å²) >= 11 is 0. The molecule has 0 bridgehead atoms. The molecule has 2 aromatic carbocycles. The molecule has 0 saturated carbocycles. The molecular formula is C25H30N4O4. The van der Waals surface area contributed by atoms with Crippen molar-refractivity contribution in [1.82, 2.24) is 14.7 Å². The molecule has 1 atom stereocenters. The predicted octanol–water partition coefficient (Wildman–Crippen LogP) is 4.20. The molecular weight excluding hydrogens is 420 g/mol. The van der Waals surface area contributed by atoms with Gasteiger partial charge in [0.25, 0.3) is 0 Å². The highest BCUT2D eigenvalue weighted by atomic mass is 16.6. The van der Waals surface area contributed by atoms with Gasteiger partial charge in [0.05, 0.1) is 12.6 Å². The standard InChI is InChI=1S/C25H30N4O4/c1-31-20-10-11-22-21(17-20)24(26-29(22)23-9-5-6-16-32-23)27-12-14-28(15-13-27)25(30)33-18-19-7-3-2-4-8-19/h2-4,7-8,10-11,17,23H,5-6,9,12-16,18H2,1H3. The van der Waals surface area contributed by atoms with E-state index in [2.05, 4.69) is 11.0 Å². The number of rotatable bonds is 5. The lowest BCUT2D eigenvalue weighted by Crippen LogP contribution is -2.49. The number of anilines is 1. The monoisotopic (exact) mass is 450 g/mol. The highest BCUT2D eigenvalue weighted by Gasteiger charge is 2.27. The summed E-state index contributed by atoms with van der Waals surface area (Å²) in [6.07, 6.45) is 2.88. The summed E-state index contributed by atoms with van der Waals surface area (Å²) in [5.74, 6) is 1.71. The molecule has 2 saturated heterocycles. The zero-order chi connectivity index (χ0) is 22.6. The van der Waals surface area contributed by atoms with Gasteiger partial charge in [-0.2, -0.15) is 5.10 Å². The Kier molecular flexibility index (Phi) is 6.35. The van der Waals surface area contributed by atoms with Crippen LogP contribution >= 0.6 is 0 Å². The molecule has 1 unspecified atom stereocenters. The third kappa shape index (κ3) is 4.61. The molecule has 174 valence electrons. The number of hydrogen-bond acceptors (Lipinski definition) is 6. The molecule has 2 aliphatic heterocycles. The zero-order valence-electron chi connectivity index (χ0n) is 19.0. The van der Waals surface area contributed by atoms with E-state index in [-0.39, 0.29) is 18.9 Å². The maximum atomic E-state index is 12.6. The van der Waals surface area contributed by atoms with Gasteiger partial charge in [0, 0.05) is 38.2 Å². The maximum Gasteiger partial charge on any atom is 0.410 e. The summed E-state index contributed by atoms with van der Waals surface area (Å²) in [5, 5.41) is 6.03. The van der Waals surface area contributed by atoms with Crippen molar-refractivity contribution in [1.29, 1.82) is 0 Å². The molecule has 0 aliphatic carbocycles. The van der Waals surface area contributed by atoms with Gasteiger partial charge < -0.3 is 24.0 Å². The number of piperazine rings is 1. The van der Waals surface area contributed by atoms with Crippen molar-refractivity contribution < 1.29 is 19.0 Å². The van der Waals surface area contributed by atoms with Gasteiger partial charge in [0.1, 0.15) is 12.4 Å². The molecule has 0 radical (unpaired) electrons. The molecule has 0 N–H and O–H groups in total. The Labute approximate surface area is 193 Å². The van der Waals surface area contributed by atoms with Crippen molar-refractivity contribution in [3.05, 3.63) is 54.1 Å². The third-order valence-corrected chi connectivity index (χ3v) is 6.36. The Hall–Kier alpha value is -3.26. The Balaban J connectivity index is 1.30. The fourth-order valence-electron chi connectivity index (χ4n) is 4.51. The van der Waals surface area contributed by atoms with E-state index >= 15 is 0 Å². The number of methoxy groups -OCH3 is 1. The van der Waals surface area contributed by atoms with Crippen molar-refractivity contribution in [2.75, 3.05) is 44.8 Å². The van der Waals surface area contributed by atoms with Crippen molar-refractivity contribution in [3.8, 4) is 5.75 Å². The van der Waals surface area contributed by atoms with Crippen molar-refractivity contribution in [2.24, 2.45) is 0 Å². The molecule has 2 fully saturated rings. The summed E-state index contributed by atoms with van der Waals surface area (Å²) in [6, 6.07) is 15.8. The van der Waals surface area contributed by atoms with E-state index in [4.69, 9.17) is 19.3 Å². The molecule has 33 heavy (non-hydrogen) atoms. The second-order valence-electron chi connectivity index (χ2n) is 8.49. The Morgan fingerprint density at radius 3 is 2.64 bits per heavy atom. The minimum atomic E-state index is -0.272. The van der Waals surface area contributed by atoms with Crippen LogP contribution in [0.5, 0.6) is 5.75 Å². The third-order valence-electron chi connectivity index (χ3n) is 6.36. The topological polar surface area (TPSA) is 69.1 Å². The van der Waals surface area contributed by atoms with Gasteiger partial charge in [0.15, 0.2) is 12.0 Å². The van der Waals surface area contributed by atoms with E-state index in [1.54, 1.807) is 12.0 Å². The predicted molar refractivity (Wildman–Crippen MR) is 126 cm³/mol. The van der Waals surface area contributed by atoms with Crippen molar-refractivity contribution >= 4 is 22.8 Å². The zero-order valence-corrected chi connectivity index (χ0v) is 19.0. The second kappa shape index (κ2) is 9.70. The van der Waals surface area contributed by atoms with Crippen molar-refractivity contribution in [2.45, 2.75) is 32.1 Å². The number of nitrogens with zero attached hydrogens (tertiary/aromatic N) is 4. The lowest BCUT2D eigenvalue weighted by molar-refractivity contribution is -0.0365. The van der Waals surface area contributed by atoms with Gasteiger partial charge >= 0.3 is 6.09 Å². The first-order chi connectivity index (χ1) is 16.2. The van der Waals surface area contributed by atoms with Crippen LogP contribution in [0.3, 0.4) is 0 Å². The molecule has 3 heterocycles. The van der Waals surface area contributed by atoms with Crippen LogP contribution in [0.2, 0.25) is 0 Å². The van der Waals surface area contributed by atoms with Crippen molar-refractivity contribution in [3.63, 3.8) is 0 Å². The van der Waals surface area contributed by atoms with Crippen LogP contribution in [0.1, 0.15) is 31.1 Å². The summed E-state index contributed by atoms with van der Waals surface area (Å²) in [5.41, 5.74) is 2.03. The molecule has 1 amide bonds. The molecule has 8 heteroatoms.